The molecule has 17 heavy (non-hydrogen) atoms. The number of hydrogen-bond donors (Lipinski definition) is 2. The molecule has 1 aliphatic carbocycles. The number of carbonyl (C=O) groups is 1. The monoisotopic (exact) mass is 248 g/mol. The summed E-state index contributed by atoms with van der Waals surface area (Å²) in [6.45, 7) is 2.23. The number of nitrogens with zero attached hydrogens (tertiary/aromatic N) is 1. The standard InChI is InChI=1S/C11H18F2N2O2/c12-11(13)2-1-8(5-11)7-15-4-3-14-6-9(15)10(16)17/h8-9,14H,1-7H2,(H,16,17). The Morgan fingerprint density at radius 2 is 2.29 bits per heavy atom. The van der Waals surface area contributed by atoms with E-state index in [1.165, 1.54) is 0 Å². The quantitative estimate of drug-likeness (QED) is 0.775. The van der Waals surface area contributed by atoms with Crippen LogP contribution in [0.15, 0.2) is 0 Å². The van der Waals surface area contributed by atoms with Gasteiger partial charge in [-0.2, -0.15) is 0 Å². The summed E-state index contributed by atoms with van der Waals surface area (Å²) < 4.78 is 26.1. The molecule has 0 aromatic heterocycles. The molecule has 1 heterocycles. The molecule has 1 aliphatic heterocycles. The molecule has 2 atom stereocenters. The molecule has 0 amide bonds. The number of carboxylic acids is 1. The Labute approximate surface area is 99.0 Å². The van der Waals surface area contributed by atoms with Gasteiger partial charge in [-0.25, -0.2) is 8.78 Å². The van der Waals surface area contributed by atoms with Crippen molar-refractivity contribution in [1.29, 1.82) is 0 Å². The molecule has 0 aromatic carbocycles. The molecule has 6 heteroatoms. The SMILES string of the molecule is O=C(O)C1CNCCN1CC1CCC(F)(F)C1. The van der Waals surface area contributed by atoms with E-state index in [0.29, 0.717) is 26.1 Å². The first-order chi connectivity index (χ1) is 7.98. The summed E-state index contributed by atoms with van der Waals surface area (Å²) >= 11 is 0. The van der Waals surface area contributed by atoms with Gasteiger partial charge in [-0.1, -0.05) is 0 Å². The van der Waals surface area contributed by atoms with E-state index in [9.17, 15) is 13.6 Å². The number of hydrogen-bond acceptors (Lipinski definition) is 3. The van der Waals surface area contributed by atoms with Crippen LogP contribution in [0.4, 0.5) is 8.78 Å². The van der Waals surface area contributed by atoms with Gasteiger partial charge in [0.15, 0.2) is 0 Å². The first-order valence-corrected chi connectivity index (χ1v) is 6.03. The predicted molar refractivity (Wildman–Crippen MR) is 58.2 cm³/mol. The van der Waals surface area contributed by atoms with Crippen molar-refractivity contribution in [3.63, 3.8) is 0 Å². The lowest BCUT2D eigenvalue weighted by Gasteiger charge is -2.35. The maximum Gasteiger partial charge on any atom is 0.322 e. The van der Waals surface area contributed by atoms with E-state index < -0.39 is 17.9 Å². The summed E-state index contributed by atoms with van der Waals surface area (Å²) in [5.41, 5.74) is 0. The predicted octanol–water partition coefficient (Wildman–Crippen LogP) is 0.780. The summed E-state index contributed by atoms with van der Waals surface area (Å²) in [4.78, 5) is 12.9. The smallest absolute Gasteiger partial charge is 0.322 e. The Morgan fingerprint density at radius 3 is 2.88 bits per heavy atom. The first-order valence-electron chi connectivity index (χ1n) is 6.03. The van der Waals surface area contributed by atoms with Crippen molar-refractivity contribution in [2.75, 3.05) is 26.2 Å². The normalized spacial score (nSPS) is 33.8. The fraction of sp³-hybridized carbons (Fsp3) is 0.909. The van der Waals surface area contributed by atoms with Gasteiger partial charge in [0.1, 0.15) is 6.04 Å². The van der Waals surface area contributed by atoms with Crippen LogP contribution in [0.5, 0.6) is 0 Å². The Morgan fingerprint density at radius 1 is 1.53 bits per heavy atom. The van der Waals surface area contributed by atoms with Crippen LogP contribution in [0.25, 0.3) is 0 Å². The second-order valence-corrected chi connectivity index (χ2v) is 5.02. The average molecular weight is 248 g/mol. The van der Waals surface area contributed by atoms with Gasteiger partial charge in [-0.15, -0.1) is 0 Å². The van der Waals surface area contributed by atoms with Crippen LogP contribution in [-0.2, 0) is 4.79 Å². The number of halogens is 2. The lowest BCUT2D eigenvalue weighted by molar-refractivity contribution is -0.144. The zero-order chi connectivity index (χ0) is 12.5. The van der Waals surface area contributed by atoms with Crippen LogP contribution >= 0.6 is 0 Å². The van der Waals surface area contributed by atoms with Crippen LogP contribution in [0.3, 0.4) is 0 Å². The van der Waals surface area contributed by atoms with Crippen LogP contribution in [0, 0.1) is 5.92 Å². The molecule has 2 rings (SSSR count). The molecule has 0 aromatic rings. The fourth-order valence-electron chi connectivity index (χ4n) is 2.74. The van der Waals surface area contributed by atoms with Gasteiger partial charge in [-0.05, 0) is 12.3 Å². The van der Waals surface area contributed by atoms with Crippen LogP contribution in [0.1, 0.15) is 19.3 Å². The molecule has 2 unspecified atom stereocenters. The van der Waals surface area contributed by atoms with Gasteiger partial charge in [-0.3, -0.25) is 9.69 Å². The minimum Gasteiger partial charge on any atom is -0.480 e. The molecule has 0 bridgehead atoms. The van der Waals surface area contributed by atoms with Crippen molar-refractivity contribution in [1.82, 2.24) is 10.2 Å². The minimum atomic E-state index is -2.54. The molecule has 1 saturated carbocycles. The molecule has 4 nitrogen and oxygen atoms in total. The minimum absolute atomic E-state index is 0.0541. The third-order valence-corrected chi connectivity index (χ3v) is 3.64. The number of aliphatic carboxylic acids is 1. The largest absolute Gasteiger partial charge is 0.480 e. The highest BCUT2D eigenvalue weighted by atomic mass is 19.3. The molecule has 2 N–H and O–H groups in total. The van der Waals surface area contributed by atoms with Crippen molar-refractivity contribution < 1.29 is 18.7 Å². The van der Waals surface area contributed by atoms with E-state index in [0.717, 1.165) is 6.54 Å². The Hall–Kier alpha value is -0.750. The maximum absolute atomic E-state index is 13.1. The van der Waals surface area contributed by atoms with Crippen molar-refractivity contribution in [3.05, 3.63) is 0 Å². The molecule has 1 saturated heterocycles. The Bertz CT molecular complexity index is 299. The van der Waals surface area contributed by atoms with Crippen LogP contribution < -0.4 is 5.32 Å². The van der Waals surface area contributed by atoms with Gasteiger partial charge in [0.25, 0.3) is 0 Å². The first kappa shape index (κ1) is 12.7. The second-order valence-electron chi connectivity index (χ2n) is 5.02. The summed E-state index contributed by atoms with van der Waals surface area (Å²) in [6, 6.07) is -0.571. The molecular weight excluding hydrogens is 230 g/mol. The zero-order valence-electron chi connectivity index (χ0n) is 9.66. The molecular formula is C11H18F2N2O2. The number of nitrogens with one attached hydrogen (secondary N) is 1. The summed E-state index contributed by atoms with van der Waals surface area (Å²) in [7, 11) is 0. The Balaban J connectivity index is 1.90. The van der Waals surface area contributed by atoms with Crippen LogP contribution in [-0.4, -0.2) is 54.1 Å². The average Bonchev–Trinajstić information content (AvgIpc) is 2.58. The molecule has 0 radical (unpaired) electrons. The number of carboxylic acid groups (broad SMARTS) is 1. The zero-order valence-corrected chi connectivity index (χ0v) is 9.66. The van der Waals surface area contributed by atoms with Crippen molar-refractivity contribution in [3.8, 4) is 0 Å². The number of rotatable bonds is 3. The van der Waals surface area contributed by atoms with E-state index in [4.69, 9.17) is 5.11 Å². The van der Waals surface area contributed by atoms with Crippen molar-refractivity contribution in [2.24, 2.45) is 5.92 Å². The topological polar surface area (TPSA) is 52.6 Å². The summed E-state index contributed by atoms with van der Waals surface area (Å²) in [5, 5.41) is 12.1. The lowest BCUT2D eigenvalue weighted by atomic mass is 10.0. The molecule has 98 valence electrons. The van der Waals surface area contributed by atoms with E-state index in [-0.39, 0.29) is 18.8 Å². The summed E-state index contributed by atoms with van der Waals surface area (Å²) in [5.74, 6) is -3.48. The van der Waals surface area contributed by atoms with Crippen molar-refractivity contribution >= 4 is 5.97 Å². The van der Waals surface area contributed by atoms with E-state index in [2.05, 4.69) is 5.32 Å². The summed E-state index contributed by atoms with van der Waals surface area (Å²) in [6.07, 6.45) is 0.355. The lowest BCUT2D eigenvalue weighted by Crippen LogP contribution is -2.55. The third kappa shape index (κ3) is 3.13. The van der Waals surface area contributed by atoms with Gasteiger partial charge in [0.2, 0.25) is 5.92 Å². The molecule has 2 fully saturated rings. The number of piperazine rings is 1. The van der Waals surface area contributed by atoms with Crippen LogP contribution in [0.2, 0.25) is 0 Å². The molecule has 0 spiro atoms. The van der Waals surface area contributed by atoms with E-state index >= 15 is 0 Å². The van der Waals surface area contributed by atoms with Gasteiger partial charge in [0.05, 0.1) is 0 Å². The van der Waals surface area contributed by atoms with Gasteiger partial charge in [0, 0.05) is 39.0 Å². The third-order valence-electron chi connectivity index (χ3n) is 3.64. The van der Waals surface area contributed by atoms with Gasteiger partial charge >= 0.3 is 5.97 Å². The maximum atomic E-state index is 13.1. The number of alkyl halides is 2. The van der Waals surface area contributed by atoms with Crippen molar-refractivity contribution in [2.45, 2.75) is 31.2 Å². The highest BCUT2D eigenvalue weighted by molar-refractivity contribution is 5.73. The fourth-order valence-corrected chi connectivity index (χ4v) is 2.74. The highest BCUT2D eigenvalue weighted by Crippen LogP contribution is 2.39. The highest BCUT2D eigenvalue weighted by Gasteiger charge is 2.41. The van der Waals surface area contributed by atoms with Gasteiger partial charge < -0.3 is 10.4 Å². The molecule has 2 aliphatic rings. The van der Waals surface area contributed by atoms with E-state index in [1.54, 1.807) is 0 Å². The van der Waals surface area contributed by atoms with E-state index in [1.807, 2.05) is 4.90 Å². The second kappa shape index (κ2) is 4.86. The Kier molecular flexibility index (Phi) is 3.63.